The van der Waals surface area contributed by atoms with Crippen molar-refractivity contribution in [2.45, 2.75) is 0 Å². The minimum Gasteiger partial charge on any atom is -0.284 e. The molecule has 0 radical (unpaired) electrons. The van der Waals surface area contributed by atoms with E-state index < -0.39 is 0 Å². The smallest absolute Gasteiger partial charge is 0.0644 e. The van der Waals surface area contributed by atoms with E-state index in [9.17, 15) is 0 Å². The van der Waals surface area contributed by atoms with Crippen molar-refractivity contribution in [1.82, 2.24) is 15.2 Å². The maximum atomic E-state index is 3.96. The first-order chi connectivity index (χ1) is 6.45. The lowest BCUT2D eigenvalue weighted by Crippen LogP contribution is -1.75. The molecule has 62 valence electrons. The van der Waals surface area contributed by atoms with Gasteiger partial charge < -0.3 is 0 Å². The van der Waals surface area contributed by atoms with Crippen LogP contribution in [0.4, 0.5) is 0 Å². The highest BCUT2D eigenvalue weighted by molar-refractivity contribution is 5.39. The Labute approximate surface area is 75.8 Å². The largest absolute Gasteiger partial charge is 0.284 e. The highest BCUT2D eigenvalue weighted by Crippen LogP contribution is 1.94. The summed E-state index contributed by atoms with van der Waals surface area (Å²) >= 11 is 0. The Morgan fingerprint density at radius 1 is 1.15 bits per heavy atom. The van der Waals surface area contributed by atoms with Crippen LogP contribution in [0, 0.1) is 11.8 Å². The molecule has 0 spiro atoms. The fourth-order valence-electron chi connectivity index (χ4n) is 0.900. The van der Waals surface area contributed by atoms with Crippen LogP contribution < -0.4 is 0 Å². The summed E-state index contributed by atoms with van der Waals surface area (Å²) < 4.78 is 0. The third-order valence-corrected chi connectivity index (χ3v) is 1.51. The average molecular weight is 169 g/mol. The number of hydrogen-bond acceptors (Lipinski definition) is 2. The highest BCUT2D eigenvalue weighted by atomic mass is 15.1. The molecule has 2 heterocycles. The maximum Gasteiger partial charge on any atom is 0.0644 e. The van der Waals surface area contributed by atoms with Gasteiger partial charge in [0.25, 0.3) is 0 Å². The van der Waals surface area contributed by atoms with Crippen LogP contribution in [-0.4, -0.2) is 15.2 Å². The van der Waals surface area contributed by atoms with Crippen molar-refractivity contribution in [2.24, 2.45) is 0 Å². The molecule has 2 aromatic rings. The monoisotopic (exact) mass is 169 g/mol. The number of aromatic nitrogens is 3. The van der Waals surface area contributed by atoms with E-state index in [1.165, 1.54) is 0 Å². The first-order valence-electron chi connectivity index (χ1n) is 3.86. The summed E-state index contributed by atoms with van der Waals surface area (Å²) in [5.41, 5.74) is 1.78. The Kier molecular flexibility index (Phi) is 2.06. The molecule has 3 nitrogen and oxygen atoms in total. The molecular weight excluding hydrogens is 162 g/mol. The molecule has 13 heavy (non-hydrogen) atoms. The maximum absolute atomic E-state index is 3.96. The molecule has 0 saturated heterocycles. The molecule has 0 unspecified atom stereocenters. The van der Waals surface area contributed by atoms with Gasteiger partial charge in [-0.3, -0.25) is 10.1 Å². The quantitative estimate of drug-likeness (QED) is 0.602. The average Bonchev–Trinajstić information content (AvgIpc) is 2.69. The van der Waals surface area contributed by atoms with Crippen LogP contribution in [0.3, 0.4) is 0 Å². The van der Waals surface area contributed by atoms with Gasteiger partial charge in [-0.25, -0.2) is 0 Å². The Balaban J connectivity index is 2.23. The van der Waals surface area contributed by atoms with Crippen LogP contribution in [0.15, 0.2) is 36.9 Å². The second-order valence-electron chi connectivity index (χ2n) is 2.48. The third kappa shape index (κ3) is 1.94. The molecular formula is C10H7N3. The van der Waals surface area contributed by atoms with Gasteiger partial charge in [0.2, 0.25) is 0 Å². The van der Waals surface area contributed by atoms with Gasteiger partial charge in [0, 0.05) is 24.2 Å². The topological polar surface area (TPSA) is 41.6 Å². The molecule has 2 rings (SSSR count). The van der Waals surface area contributed by atoms with E-state index >= 15 is 0 Å². The summed E-state index contributed by atoms with van der Waals surface area (Å²) in [4.78, 5) is 3.96. The predicted molar refractivity (Wildman–Crippen MR) is 48.8 cm³/mol. The number of pyridine rings is 1. The minimum atomic E-state index is 0.879. The van der Waals surface area contributed by atoms with E-state index in [1.807, 2.05) is 12.1 Å². The van der Waals surface area contributed by atoms with Crippen molar-refractivity contribution < 1.29 is 0 Å². The number of rotatable bonds is 0. The summed E-state index contributed by atoms with van der Waals surface area (Å²) in [7, 11) is 0. The Morgan fingerprint density at radius 3 is 2.77 bits per heavy atom. The summed E-state index contributed by atoms with van der Waals surface area (Å²) in [6, 6.07) is 3.78. The standard InChI is InChI=1S/C10H7N3/c1-2-9(6-11-5-1)3-4-10-7-12-13-8-10/h1-2,5-8H,(H,12,13). The van der Waals surface area contributed by atoms with E-state index in [0.717, 1.165) is 11.1 Å². The van der Waals surface area contributed by atoms with Crippen molar-refractivity contribution in [3.05, 3.63) is 48.0 Å². The van der Waals surface area contributed by atoms with Crippen molar-refractivity contribution in [2.75, 3.05) is 0 Å². The lowest BCUT2D eigenvalue weighted by Gasteiger charge is -1.84. The van der Waals surface area contributed by atoms with Crippen LogP contribution >= 0.6 is 0 Å². The first-order valence-corrected chi connectivity index (χ1v) is 3.86. The molecule has 0 aliphatic heterocycles. The molecule has 0 amide bonds. The van der Waals surface area contributed by atoms with Crippen LogP contribution in [0.25, 0.3) is 0 Å². The summed E-state index contributed by atoms with van der Waals surface area (Å²) in [5, 5.41) is 6.49. The Bertz CT molecular complexity index is 420. The zero-order chi connectivity index (χ0) is 8.93. The Morgan fingerprint density at radius 2 is 2.08 bits per heavy atom. The molecule has 1 N–H and O–H groups in total. The number of H-pyrrole nitrogens is 1. The summed E-state index contributed by atoms with van der Waals surface area (Å²) in [6.45, 7) is 0. The minimum absolute atomic E-state index is 0.879. The second-order valence-corrected chi connectivity index (χ2v) is 2.48. The normalized spacial score (nSPS) is 8.92. The van der Waals surface area contributed by atoms with Gasteiger partial charge in [0.1, 0.15) is 0 Å². The zero-order valence-corrected chi connectivity index (χ0v) is 6.86. The Hall–Kier alpha value is -2.08. The highest BCUT2D eigenvalue weighted by Gasteiger charge is 1.85. The van der Waals surface area contributed by atoms with Crippen molar-refractivity contribution in [3.8, 4) is 11.8 Å². The van der Waals surface area contributed by atoms with Gasteiger partial charge in [-0.05, 0) is 12.1 Å². The van der Waals surface area contributed by atoms with Crippen molar-refractivity contribution in [1.29, 1.82) is 0 Å². The lowest BCUT2D eigenvalue weighted by atomic mass is 10.2. The van der Waals surface area contributed by atoms with Gasteiger partial charge in [-0.15, -0.1) is 0 Å². The fourth-order valence-corrected chi connectivity index (χ4v) is 0.900. The third-order valence-electron chi connectivity index (χ3n) is 1.51. The molecule has 0 aliphatic rings. The van der Waals surface area contributed by atoms with Crippen molar-refractivity contribution in [3.63, 3.8) is 0 Å². The van der Waals surface area contributed by atoms with Gasteiger partial charge in [0.15, 0.2) is 0 Å². The van der Waals surface area contributed by atoms with Crippen LogP contribution in [0.2, 0.25) is 0 Å². The van der Waals surface area contributed by atoms with Crippen LogP contribution in [0.5, 0.6) is 0 Å². The van der Waals surface area contributed by atoms with E-state index in [4.69, 9.17) is 0 Å². The molecule has 0 saturated carbocycles. The molecule has 0 aromatic carbocycles. The fraction of sp³-hybridized carbons (Fsp3) is 0. The molecule has 0 aliphatic carbocycles. The molecule has 0 bridgehead atoms. The van der Waals surface area contributed by atoms with E-state index in [2.05, 4.69) is 27.0 Å². The van der Waals surface area contributed by atoms with Crippen molar-refractivity contribution >= 4 is 0 Å². The SMILES string of the molecule is C(#Cc1cn[nH]c1)c1cccnc1. The van der Waals surface area contributed by atoms with E-state index in [1.54, 1.807) is 24.8 Å². The summed E-state index contributed by atoms with van der Waals surface area (Å²) in [5.74, 6) is 5.93. The lowest BCUT2D eigenvalue weighted by molar-refractivity contribution is 1.09. The van der Waals surface area contributed by atoms with Gasteiger partial charge in [0.05, 0.1) is 11.8 Å². The van der Waals surface area contributed by atoms with Crippen LogP contribution in [-0.2, 0) is 0 Å². The number of hydrogen-bond donors (Lipinski definition) is 1. The van der Waals surface area contributed by atoms with Gasteiger partial charge >= 0.3 is 0 Å². The second kappa shape index (κ2) is 3.55. The molecule has 0 atom stereocenters. The van der Waals surface area contributed by atoms with Gasteiger partial charge in [-0.2, -0.15) is 5.10 Å². The number of nitrogens with zero attached hydrogens (tertiary/aromatic N) is 2. The summed E-state index contributed by atoms with van der Waals surface area (Å²) in [6.07, 6.45) is 6.89. The molecule has 0 fully saturated rings. The number of nitrogens with one attached hydrogen (secondary N) is 1. The van der Waals surface area contributed by atoms with E-state index in [0.29, 0.717) is 0 Å². The number of aromatic amines is 1. The predicted octanol–water partition coefficient (Wildman–Crippen LogP) is 1.20. The molecule has 2 aromatic heterocycles. The first kappa shape index (κ1) is 7.56. The van der Waals surface area contributed by atoms with E-state index in [-0.39, 0.29) is 0 Å². The van der Waals surface area contributed by atoms with Gasteiger partial charge in [-0.1, -0.05) is 11.8 Å². The zero-order valence-electron chi connectivity index (χ0n) is 6.86. The van der Waals surface area contributed by atoms with Crippen LogP contribution in [0.1, 0.15) is 11.1 Å². The molecule has 3 heteroatoms.